The lowest BCUT2D eigenvalue weighted by Gasteiger charge is -2.32. The van der Waals surface area contributed by atoms with Gasteiger partial charge < -0.3 is 14.4 Å². The number of benzene rings is 1. The minimum atomic E-state index is -1.12. The molecule has 1 aromatic carbocycles. The van der Waals surface area contributed by atoms with E-state index in [1.807, 2.05) is 33.8 Å². The monoisotopic (exact) mass is 320 g/mol. The maximum absolute atomic E-state index is 15.0. The number of hydrogen-bond acceptors (Lipinski definition) is 3. The van der Waals surface area contributed by atoms with Crippen molar-refractivity contribution in [2.45, 2.75) is 51.7 Å². The Morgan fingerprint density at radius 2 is 1.61 bits per heavy atom. The summed E-state index contributed by atoms with van der Waals surface area (Å²) in [5, 5.41) is 8.92. The molecule has 1 saturated heterocycles. The van der Waals surface area contributed by atoms with Crippen LogP contribution in [-0.4, -0.2) is 29.4 Å². The summed E-state index contributed by atoms with van der Waals surface area (Å²) in [7, 11) is -1.12. The van der Waals surface area contributed by atoms with E-state index in [-0.39, 0.29) is 12.8 Å². The van der Waals surface area contributed by atoms with Gasteiger partial charge in [0, 0.05) is 6.42 Å². The van der Waals surface area contributed by atoms with E-state index >= 15 is 4.39 Å². The van der Waals surface area contributed by atoms with Crippen LogP contribution in [0.4, 0.5) is 4.39 Å². The van der Waals surface area contributed by atoms with E-state index in [1.165, 1.54) is 0 Å². The number of carboxylic acid groups (broad SMARTS) is 1. The van der Waals surface area contributed by atoms with Crippen molar-refractivity contribution in [1.82, 2.24) is 0 Å². The number of carboxylic acids is 1. The number of halogens is 1. The molecule has 6 heteroatoms. The molecule has 1 aromatic rings. The maximum atomic E-state index is 15.0. The molecule has 124 valence electrons. The minimum Gasteiger partial charge on any atom is -0.481 e. The molecule has 23 heavy (non-hydrogen) atoms. The van der Waals surface area contributed by atoms with Crippen LogP contribution in [0.3, 0.4) is 0 Å². The van der Waals surface area contributed by atoms with Gasteiger partial charge in [-0.3, -0.25) is 4.79 Å². The summed E-state index contributed by atoms with van der Waals surface area (Å²) in [5.41, 5.74) is -0.906. The highest BCUT2D eigenvalue weighted by molar-refractivity contribution is 6.55. The number of carbonyl (C=O) groups is 1. The third-order valence-corrected chi connectivity index (χ3v) is 4.46. The Hall–Kier alpha value is -1.66. The Morgan fingerprint density at radius 3 is 2.09 bits per heavy atom. The van der Waals surface area contributed by atoms with Crippen molar-refractivity contribution < 1.29 is 23.6 Å². The average molecular weight is 320 g/mol. The molecule has 0 atom stereocenters. The van der Waals surface area contributed by atoms with Crippen molar-refractivity contribution in [2.75, 3.05) is 0 Å². The molecule has 0 saturated carbocycles. The fourth-order valence-electron chi connectivity index (χ4n) is 2.36. The Balaban J connectivity index is 2.36. The highest BCUT2D eigenvalue weighted by atomic mass is 19.1. The van der Waals surface area contributed by atoms with E-state index in [0.29, 0.717) is 11.1 Å². The standard InChI is InChI=1S/C17H22BFO4/c1-16(2)17(3,4)23-18(22-16)15(19)13(10-11-14(20)21)12-8-6-5-7-9-12/h5-9H,10-11H2,1-4H3,(H,20,21). The lowest BCUT2D eigenvalue weighted by Crippen LogP contribution is -2.41. The van der Waals surface area contributed by atoms with Crippen LogP contribution in [0.15, 0.2) is 36.1 Å². The van der Waals surface area contributed by atoms with E-state index in [9.17, 15) is 4.79 Å². The molecule has 0 spiro atoms. The second kappa shape index (κ2) is 6.45. The summed E-state index contributed by atoms with van der Waals surface area (Å²) in [5.74, 6) is -0.972. The van der Waals surface area contributed by atoms with E-state index in [4.69, 9.17) is 14.4 Å². The topological polar surface area (TPSA) is 55.8 Å². The highest BCUT2D eigenvalue weighted by Crippen LogP contribution is 2.40. The number of allylic oxidation sites excluding steroid dienone is 1. The van der Waals surface area contributed by atoms with E-state index in [0.717, 1.165) is 0 Å². The van der Waals surface area contributed by atoms with E-state index in [1.54, 1.807) is 24.3 Å². The predicted molar refractivity (Wildman–Crippen MR) is 87.4 cm³/mol. The summed E-state index contributed by atoms with van der Waals surface area (Å²) < 4.78 is 26.5. The smallest absolute Gasteiger partial charge is 0.481 e. The molecule has 1 heterocycles. The third-order valence-electron chi connectivity index (χ3n) is 4.46. The molecule has 2 rings (SSSR count). The second-order valence-electron chi connectivity index (χ2n) is 6.67. The molecule has 0 aliphatic carbocycles. The molecule has 1 fully saturated rings. The van der Waals surface area contributed by atoms with Crippen LogP contribution < -0.4 is 0 Å². The summed E-state index contributed by atoms with van der Waals surface area (Å²) in [6.45, 7) is 7.39. The van der Waals surface area contributed by atoms with Gasteiger partial charge in [0.15, 0.2) is 0 Å². The second-order valence-corrected chi connectivity index (χ2v) is 6.67. The fraction of sp³-hybridized carbons (Fsp3) is 0.471. The van der Waals surface area contributed by atoms with Gasteiger partial charge in [0.1, 0.15) is 5.73 Å². The largest absolute Gasteiger partial charge is 0.525 e. The molecule has 0 radical (unpaired) electrons. The molecule has 1 aliphatic rings. The zero-order valence-corrected chi connectivity index (χ0v) is 13.9. The van der Waals surface area contributed by atoms with Crippen molar-refractivity contribution in [2.24, 2.45) is 0 Å². The first-order valence-corrected chi connectivity index (χ1v) is 7.65. The Kier molecular flexibility index (Phi) is 4.97. The zero-order chi connectivity index (χ0) is 17.3. The van der Waals surface area contributed by atoms with Gasteiger partial charge in [-0.05, 0) is 45.3 Å². The maximum Gasteiger partial charge on any atom is 0.525 e. The van der Waals surface area contributed by atoms with Crippen molar-refractivity contribution in [3.8, 4) is 0 Å². The fourth-order valence-corrected chi connectivity index (χ4v) is 2.36. The van der Waals surface area contributed by atoms with Gasteiger partial charge in [-0.1, -0.05) is 30.3 Å². The van der Waals surface area contributed by atoms with Crippen LogP contribution in [0.2, 0.25) is 0 Å². The number of aliphatic carboxylic acids is 1. The van der Waals surface area contributed by atoms with E-state index < -0.39 is 30.0 Å². The molecule has 0 aromatic heterocycles. The quantitative estimate of drug-likeness (QED) is 0.837. The molecule has 1 N–H and O–H groups in total. The Labute approximate surface area is 136 Å². The van der Waals surface area contributed by atoms with Gasteiger partial charge in [0.25, 0.3) is 0 Å². The third kappa shape index (κ3) is 3.82. The molecule has 4 nitrogen and oxygen atoms in total. The van der Waals surface area contributed by atoms with Crippen molar-refractivity contribution in [3.63, 3.8) is 0 Å². The molecular formula is C17H22BFO4. The van der Waals surface area contributed by atoms with Gasteiger partial charge in [-0.2, -0.15) is 0 Å². The Morgan fingerprint density at radius 1 is 1.09 bits per heavy atom. The normalized spacial score (nSPS) is 20.3. The zero-order valence-electron chi connectivity index (χ0n) is 13.9. The Bertz CT molecular complexity index is 594. The average Bonchev–Trinajstić information content (AvgIpc) is 2.68. The van der Waals surface area contributed by atoms with Crippen LogP contribution in [0, 0.1) is 0 Å². The lowest BCUT2D eigenvalue weighted by molar-refractivity contribution is -0.136. The van der Waals surface area contributed by atoms with Crippen LogP contribution in [0.5, 0.6) is 0 Å². The first kappa shape index (κ1) is 17.7. The van der Waals surface area contributed by atoms with Crippen LogP contribution in [-0.2, 0) is 14.1 Å². The SMILES string of the molecule is CC1(C)OB(C(F)=C(CCC(=O)O)c2ccccc2)OC1(C)C. The van der Waals surface area contributed by atoms with Crippen molar-refractivity contribution >= 4 is 18.7 Å². The summed E-state index contributed by atoms with van der Waals surface area (Å²) >= 11 is 0. The summed E-state index contributed by atoms with van der Waals surface area (Å²) in [4.78, 5) is 10.9. The molecule has 0 amide bonds. The molecule has 0 unspecified atom stereocenters. The first-order valence-electron chi connectivity index (χ1n) is 7.65. The predicted octanol–water partition coefficient (Wildman–Crippen LogP) is 3.86. The van der Waals surface area contributed by atoms with Gasteiger partial charge in [-0.25, -0.2) is 4.39 Å². The van der Waals surface area contributed by atoms with Gasteiger partial charge >= 0.3 is 13.1 Å². The first-order chi connectivity index (χ1) is 10.6. The minimum absolute atomic E-state index is 0.0786. The van der Waals surface area contributed by atoms with Crippen molar-refractivity contribution in [1.29, 1.82) is 0 Å². The van der Waals surface area contributed by atoms with Crippen LogP contribution >= 0.6 is 0 Å². The molecule has 1 aliphatic heterocycles. The lowest BCUT2D eigenvalue weighted by atomic mass is 9.81. The van der Waals surface area contributed by atoms with Crippen LogP contribution in [0.1, 0.15) is 46.1 Å². The van der Waals surface area contributed by atoms with E-state index in [2.05, 4.69) is 0 Å². The summed E-state index contributed by atoms with van der Waals surface area (Å²) in [6, 6.07) is 8.90. The number of rotatable bonds is 5. The number of hydrogen-bond donors (Lipinski definition) is 1. The highest BCUT2D eigenvalue weighted by Gasteiger charge is 2.53. The van der Waals surface area contributed by atoms with Gasteiger partial charge in [-0.15, -0.1) is 0 Å². The molecule has 0 bridgehead atoms. The van der Waals surface area contributed by atoms with Crippen LogP contribution in [0.25, 0.3) is 5.57 Å². The van der Waals surface area contributed by atoms with Gasteiger partial charge in [0.05, 0.1) is 11.2 Å². The van der Waals surface area contributed by atoms with Gasteiger partial charge in [0.2, 0.25) is 0 Å². The summed E-state index contributed by atoms with van der Waals surface area (Å²) in [6.07, 6.45) is -0.0770. The molecular weight excluding hydrogens is 298 g/mol. The van der Waals surface area contributed by atoms with Crippen molar-refractivity contribution in [3.05, 3.63) is 41.6 Å².